The summed E-state index contributed by atoms with van der Waals surface area (Å²) in [7, 11) is 0. The van der Waals surface area contributed by atoms with Crippen LogP contribution in [0.25, 0.3) is 5.65 Å². The van der Waals surface area contributed by atoms with Crippen molar-refractivity contribution in [3.63, 3.8) is 0 Å². The fourth-order valence-electron chi connectivity index (χ4n) is 5.69. The number of nitrogens with one attached hydrogen (secondary N) is 1. The Hall–Kier alpha value is -2.57. The molecule has 10 heteroatoms. The number of benzene rings is 1. The molecular formula is C28H36Cl2N8. The molecule has 2 aliphatic heterocycles. The van der Waals surface area contributed by atoms with E-state index in [1.165, 1.54) is 45.2 Å². The smallest absolute Gasteiger partial charge is 0.175 e. The standard InChI is InChI=1S/C28H36Cl2N8/c29-10-16-37(17-11-30)25-6-4-23(5-7-25)33-27-18-24(34-28-22(19-31)20-32-38(27)28)21-35-14-8-26(9-15-35)36-12-2-1-3-13-36/h4-7,18,20,26,33H,1-3,8-17,21H2. The quantitative estimate of drug-likeness (QED) is 0.350. The molecule has 1 N–H and O–H groups in total. The number of alkyl halides is 2. The average Bonchev–Trinajstić information content (AvgIpc) is 3.38. The minimum Gasteiger partial charge on any atom is -0.369 e. The van der Waals surface area contributed by atoms with Gasteiger partial charge in [-0.3, -0.25) is 4.90 Å². The molecule has 0 unspecified atom stereocenters. The molecule has 0 aliphatic carbocycles. The SMILES string of the molecule is N#Cc1cnn2c(Nc3ccc(N(CCCl)CCCl)cc3)cc(CN3CCC(N4CCCCC4)CC3)nc12. The van der Waals surface area contributed by atoms with Gasteiger partial charge < -0.3 is 15.1 Å². The molecule has 5 rings (SSSR count). The van der Waals surface area contributed by atoms with Crippen LogP contribution in [0.2, 0.25) is 0 Å². The number of hydrogen-bond donors (Lipinski definition) is 1. The van der Waals surface area contributed by atoms with Gasteiger partial charge in [0.05, 0.1) is 11.9 Å². The fourth-order valence-corrected chi connectivity index (χ4v) is 6.10. The molecule has 202 valence electrons. The maximum atomic E-state index is 9.64. The summed E-state index contributed by atoms with van der Waals surface area (Å²) in [5.41, 5.74) is 4.02. The lowest BCUT2D eigenvalue weighted by molar-refractivity contribution is 0.0891. The van der Waals surface area contributed by atoms with E-state index >= 15 is 0 Å². The van der Waals surface area contributed by atoms with E-state index in [9.17, 15) is 5.26 Å². The fraction of sp³-hybridized carbons (Fsp3) is 0.536. The molecule has 4 heterocycles. The van der Waals surface area contributed by atoms with Crippen LogP contribution < -0.4 is 10.2 Å². The molecule has 0 amide bonds. The van der Waals surface area contributed by atoms with E-state index in [1.807, 2.05) is 12.1 Å². The van der Waals surface area contributed by atoms with Gasteiger partial charge in [0.25, 0.3) is 0 Å². The summed E-state index contributed by atoms with van der Waals surface area (Å²) in [6.07, 6.45) is 8.06. The monoisotopic (exact) mass is 554 g/mol. The first-order valence-electron chi connectivity index (χ1n) is 13.7. The molecular weight excluding hydrogens is 519 g/mol. The van der Waals surface area contributed by atoms with E-state index in [0.717, 1.165) is 55.6 Å². The Balaban J connectivity index is 1.31. The number of fused-ring (bicyclic) bond motifs is 1. The van der Waals surface area contributed by atoms with Gasteiger partial charge in [-0.2, -0.15) is 14.9 Å². The van der Waals surface area contributed by atoms with Crippen LogP contribution in [0.1, 0.15) is 43.4 Å². The van der Waals surface area contributed by atoms with Gasteiger partial charge in [0.2, 0.25) is 0 Å². The third-order valence-corrected chi connectivity index (χ3v) is 8.05. The van der Waals surface area contributed by atoms with Gasteiger partial charge in [-0.25, -0.2) is 4.98 Å². The first kappa shape index (κ1) is 27.0. The van der Waals surface area contributed by atoms with Crippen LogP contribution in [-0.2, 0) is 6.54 Å². The van der Waals surface area contributed by atoms with Crippen molar-refractivity contribution in [3.8, 4) is 6.07 Å². The third kappa shape index (κ3) is 6.35. The highest BCUT2D eigenvalue weighted by atomic mass is 35.5. The number of rotatable bonds is 10. The van der Waals surface area contributed by atoms with Crippen molar-refractivity contribution in [3.05, 3.63) is 47.8 Å². The van der Waals surface area contributed by atoms with Crippen LogP contribution in [0.5, 0.6) is 0 Å². The van der Waals surface area contributed by atoms with Crippen LogP contribution >= 0.6 is 23.2 Å². The van der Waals surface area contributed by atoms with E-state index < -0.39 is 0 Å². The van der Waals surface area contributed by atoms with Gasteiger partial charge in [0.15, 0.2) is 5.65 Å². The minimum atomic E-state index is 0.479. The summed E-state index contributed by atoms with van der Waals surface area (Å²) >= 11 is 12.0. The largest absolute Gasteiger partial charge is 0.369 e. The number of hydrogen-bond acceptors (Lipinski definition) is 7. The summed E-state index contributed by atoms with van der Waals surface area (Å²) in [6.45, 7) is 6.92. The highest BCUT2D eigenvalue weighted by Gasteiger charge is 2.26. The number of aromatic nitrogens is 3. The lowest BCUT2D eigenvalue weighted by Gasteiger charge is -2.40. The Morgan fingerprint density at radius 1 is 1.00 bits per heavy atom. The van der Waals surface area contributed by atoms with Gasteiger partial charge in [-0.1, -0.05) is 6.42 Å². The summed E-state index contributed by atoms with van der Waals surface area (Å²) < 4.78 is 1.71. The molecule has 3 aromatic rings. The van der Waals surface area contributed by atoms with Crippen molar-refractivity contribution in [2.24, 2.45) is 0 Å². The van der Waals surface area contributed by atoms with Crippen molar-refractivity contribution in [2.75, 3.05) is 61.2 Å². The number of halogens is 2. The van der Waals surface area contributed by atoms with Crippen molar-refractivity contribution in [1.82, 2.24) is 24.4 Å². The van der Waals surface area contributed by atoms with Gasteiger partial charge in [0.1, 0.15) is 17.5 Å². The summed E-state index contributed by atoms with van der Waals surface area (Å²) in [5, 5.41) is 17.6. The van der Waals surface area contributed by atoms with Crippen LogP contribution in [0.15, 0.2) is 36.5 Å². The third-order valence-electron chi connectivity index (χ3n) is 7.71. The molecule has 2 saturated heterocycles. The molecule has 1 aromatic carbocycles. The van der Waals surface area contributed by atoms with Gasteiger partial charge >= 0.3 is 0 Å². The zero-order valence-corrected chi connectivity index (χ0v) is 23.3. The highest BCUT2D eigenvalue weighted by Crippen LogP contribution is 2.25. The van der Waals surface area contributed by atoms with Crippen molar-refractivity contribution in [2.45, 2.75) is 44.7 Å². The van der Waals surface area contributed by atoms with Crippen LogP contribution in [0.3, 0.4) is 0 Å². The van der Waals surface area contributed by atoms with Crippen molar-refractivity contribution >= 4 is 46.0 Å². The van der Waals surface area contributed by atoms with E-state index in [-0.39, 0.29) is 0 Å². The average molecular weight is 556 g/mol. The van der Waals surface area contributed by atoms with Crippen LogP contribution in [0.4, 0.5) is 17.2 Å². The number of likely N-dealkylation sites (tertiary alicyclic amines) is 2. The first-order chi connectivity index (χ1) is 18.7. The number of anilines is 3. The van der Waals surface area contributed by atoms with Gasteiger partial charge in [-0.05, 0) is 63.0 Å². The molecule has 2 fully saturated rings. The Morgan fingerprint density at radius 2 is 1.71 bits per heavy atom. The molecule has 0 saturated carbocycles. The Morgan fingerprint density at radius 3 is 2.37 bits per heavy atom. The van der Waals surface area contributed by atoms with E-state index in [2.05, 4.69) is 49.4 Å². The summed E-state index contributed by atoms with van der Waals surface area (Å²) in [6, 6.07) is 13.2. The zero-order valence-electron chi connectivity index (χ0n) is 21.8. The van der Waals surface area contributed by atoms with Crippen molar-refractivity contribution < 1.29 is 0 Å². The van der Waals surface area contributed by atoms with E-state index in [1.54, 1.807) is 10.7 Å². The molecule has 0 spiro atoms. The van der Waals surface area contributed by atoms with E-state index in [0.29, 0.717) is 29.0 Å². The maximum absolute atomic E-state index is 9.64. The molecule has 0 atom stereocenters. The molecule has 0 bridgehead atoms. The molecule has 0 radical (unpaired) electrons. The van der Waals surface area contributed by atoms with Gasteiger partial charge in [-0.15, -0.1) is 23.2 Å². The number of nitrogens with zero attached hydrogens (tertiary/aromatic N) is 7. The molecule has 2 aliphatic rings. The molecule has 38 heavy (non-hydrogen) atoms. The topological polar surface area (TPSA) is 75.7 Å². The second-order valence-electron chi connectivity index (χ2n) is 10.2. The summed E-state index contributed by atoms with van der Waals surface area (Å²) in [5.74, 6) is 1.89. The lowest BCUT2D eigenvalue weighted by Crippen LogP contribution is -2.46. The first-order valence-corrected chi connectivity index (χ1v) is 14.7. The normalized spacial score (nSPS) is 17.5. The number of nitriles is 1. The van der Waals surface area contributed by atoms with E-state index in [4.69, 9.17) is 28.2 Å². The Labute approximate surface area is 235 Å². The van der Waals surface area contributed by atoms with Gasteiger partial charge in [0, 0.05) is 68.0 Å². The second kappa shape index (κ2) is 13.0. The maximum Gasteiger partial charge on any atom is 0.175 e. The van der Waals surface area contributed by atoms with Crippen LogP contribution in [-0.4, -0.2) is 81.5 Å². The predicted molar refractivity (Wildman–Crippen MR) is 155 cm³/mol. The minimum absolute atomic E-state index is 0.479. The molecule has 8 nitrogen and oxygen atoms in total. The summed E-state index contributed by atoms with van der Waals surface area (Å²) in [4.78, 5) is 12.2. The Kier molecular flexibility index (Phi) is 9.23. The zero-order chi connectivity index (χ0) is 26.3. The lowest BCUT2D eigenvalue weighted by atomic mass is 10.00. The number of piperidine rings is 2. The Bertz CT molecular complexity index is 1220. The molecule has 2 aromatic heterocycles. The predicted octanol–water partition coefficient (Wildman–Crippen LogP) is 5.08. The second-order valence-corrected chi connectivity index (χ2v) is 10.9. The van der Waals surface area contributed by atoms with Crippen molar-refractivity contribution in [1.29, 1.82) is 5.26 Å². The highest BCUT2D eigenvalue weighted by molar-refractivity contribution is 6.18. The van der Waals surface area contributed by atoms with Crippen LogP contribution in [0, 0.1) is 11.3 Å².